The second-order valence-corrected chi connectivity index (χ2v) is 8.94. The number of hydrogen-bond acceptors (Lipinski definition) is 4. The van der Waals surface area contributed by atoms with Gasteiger partial charge in [-0.2, -0.15) is 0 Å². The van der Waals surface area contributed by atoms with Gasteiger partial charge in [0.15, 0.2) is 0 Å². The number of likely N-dealkylation sites (tertiary alicyclic amines) is 1. The third-order valence-corrected chi connectivity index (χ3v) is 7.24. The fourth-order valence-corrected chi connectivity index (χ4v) is 5.82. The smallest absolute Gasteiger partial charge is 0.225 e. The van der Waals surface area contributed by atoms with Crippen LogP contribution < -0.4 is 5.32 Å². The standard InChI is InChI=1S/C19H29N3OS/c1-13-11-14(8-9-20-13)19(23)22-10-4-5-15(12-22)18-21-16-6-2-3-7-17(16)24-18/h13-15,20H,2-12H2,1H3/t13-,14-,15?/m0/s1. The van der Waals surface area contributed by atoms with E-state index in [1.54, 1.807) is 0 Å². The summed E-state index contributed by atoms with van der Waals surface area (Å²) < 4.78 is 0. The monoisotopic (exact) mass is 347 g/mol. The molecule has 1 aromatic heterocycles. The Labute approximate surface area is 149 Å². The number of aromatic nitrogens is 1. The van der Waals surface area contributed by atoms with Gasteiger partial charge in [0.05, 0.1) is 10.7 Å². The van der Waals surface area contributed by atoms with Crippen LogP contribution in [0.5, 0.6) is 0 Å². The number of hydrogen-bond donors (Lipinski definition) is 1. The van der Waals surface area contributed by atoms with Gasteiger partial charge in [-0.3, -0.25) is 4.79 Å². The van der Waals surface area contributed by atoms with Crippen molar-refractivity contribution in [2.45, 2.75) is 70.3 Å². The van der Waals surface area contributed by atoms with Crippen molar-refractivity contribution >= 4 is 17.2 Å². The molecule has 0 bridgehead atoms. The van der Waals surface area contributed by atoms with Crippen LogP contribution in [0.1, 0.15) is 66.9 Å². The number of aryl methyl sites for hydroxylation is 2. The summed E-state index contributed by atoms with van der Waals surface area (Å²) in [6.07, 6.45) is 9.29. The van der Waals surface area contributed by atoms with Crippen LogP contribution in [0, 0.1) is 5.92 Å². The Morgan fingerprint density at radius 2 is 2.12 bits per heavy atom. The van der Waals surface area contributed by atoms with Crippen LogP contribution in [0.15, 0.2) is 0 Å². The molecule has 3 aliphatic rings. The highest BCUT2D eigenvalue weighted by Gasteiger charge is 2.33. The van der Waals surface area contributed by atoms with Crippen LogP contribution in [0.4, 0.5) is 0 Å². The molecule has 1 unspecified atom stereocenters. The number of carbonyl (C=O) groups excluding carboxylic acids is 1. The third-order valence-electron chi connectivity index (χ3n) is 5.92. The van der Waals surface area contributed by atoms with Crippen LogP contribution >= 0.6 is 11.3 Å². The van der Waals surface area contributed by atoms with E-state index in [4.69, 9.17) is 4.98 Å². The van der Waals surface area contributed by atoms with Crippen molar-refractivity contribution in [3.63, 3.8) is 0 Å². The van der Waals surface area contributed by atoms with Crippen molar-refractivity contribution in [2.24, 2.45) is 5.92 Å². The van der Waals surface area contributed by atoms with Gasteiger partial charge in [-0.25, -0.2) is 4.98 Å². The molecule has 5 heteroatoms. The summed E-state index contributed by atoms with van der Waals surface area (Å²) in [5.74, 6) is 1.09. The van der Waals surface area contributed by atoms with E-state index in [0.717, 1.165) is 45.3 Å². The molecule has 4 rings (SSSR count). The normalized spacial score (nSPS) is 30.9. The first-order chi connectivity index (χ1) is 11.7. The molecule has 2 fully saturated rings. The summed E-state index contributed by atoms with van der Waals surface area (Å²) in [6, 6.07) is 0.471. The van der Waals surface area contributed by atoms with E-state index < -0.39 is 0 Å². The molecule has 1 aliphatic carbocycles. The topological polar surface area (TPSA) is 45.2 Å². The maximum Gasteiger partial charge on any atom is 0.225 e. The highest BCUT2D eigenvalue weighted by Crippen LogP contribution is 2.35. The van der Waals surface area contributed by atoms with E-state index in [0.29, 0.717) is 17.9 Å². The van der Waals surface area contributed by atoms with E-state index in [1.165, 1.54) is 41.3 Å². The summed E-state index contributed by atoms with van der Waals surface area (Å²) >= 11 is 1.93. The van der Waals surface area contributed by atoms with Crippen molar-refractivity contribution in [3.8, 4) is 0 Å². The lowest BCUT2D eigenvalue weighted by Gasteiger charge is -2.36. The molecule has 4 nitrogen and oxygen atoms in total. The molecular weight excluding hydrogens is 318 g/mol. The summed E-state index contributed by atoms with van der Waals surface area (Å²) in [4.78, 5) is 21.6. The van der Waals surface area contributed by atoms with Crippen LogP contribution in [-0.2, 0) is 17.6 Å². The lowest BCUT2D eigenvalue weighted by molar-refractivity contribution is -0.138. The SMILES string of the molecule is C[C@H]1C[C@@H](C(=O)N2CCCC(c3nc4c(s3)CCCC4)C2)CCN1. The first kappa shape index (κ1) is 16.5. The molecule has 0 radical (unpaired) electrons. The fraction of sp³-hybridized carbons (Fsp3) is 0.789. The molecule has 1 amide bonds. The number of nitrogens with one attached hydrogen (secondary N) is 1. The van der Waals surface area contributed by atoms with Crippen molar-refractivity contribution in [1.82, 2.24) is 15.2 Å². The number of rotatable bonds is 2. The average molecular weight is 348 g/mol. The van der Waals surface area contributed by atoms with Gasteiger partial charge in [-0.05, 0) is 64.8 Å². The molecule has 1 N–H and O–H groups in total. The quantitative estimate of drug-likeness (QED) is 0.894. The average Bonchev–Trinajstić information content (AvgIpc) is 3.05. The molecule has 0 aromatic carbocycles. The van der Waals surface area contributed by atoms with Gasteiger partial charge in [0.25, 0.3) is 0 Å². The number of carbonyl (C=O) groups is 1. The van der Waals surface area contributed by atoms with Gasteiger partial charge in [-0.1, -0.05) is 0 Å². The fourth-order valence-electron chi connectivity index (χ4n) is 4.54. The molecule has 2 aliphatic heterocycles. The van der Waals surface area contributed by atoms with Crippen LogP contribution in [0.25, 0.3) is 0 Å². The zero-order chi connectivity index (χ0) is 16.5. The molecule has 132 valence electrons. The largest absolute Gasteiger partial charge is 0.342 e. The second kappa shape index (κ2) is 7.12. The minimum absolute atomic E-state index is 0.226. The van der Waals surface area contributed by atoms with Crippen molar-refractivity contribution in [2.75, 3.05) is 19.6 Å². The van der Waals surface area contributed by atoms with E-state index in [-0.39, 0.29) is 5.92 Å². The molecule has 3 heterocycles. The third kappa shape index (κ3) is 3.38. The first-order valence-corrected chi connectivity index (χ1v) is 10.5. The number of thiazole rings is 1. The minimum atomic E-state index is 0.226. The summed E-state index contributed by atoms with van der Waals surface area (Å²) in [5.41, 5.74) is 1.36. The van der Waals surface area contributed by atoms with Gasteiger partial charge >= 0.3 is 0 Å². The number of piperidine rings is 2. The first-order valence-electron chi connectivity index (χ1n) is 9.71. The van der Waals surface area contributed by atoms with Crippen LogP contribution in [0.2, 0.25) is 0 Å². The summed E-state index contributed by atoms with van der Waals surface area (Å²) in [6.45, 7) is 5.01. The Bertz CT molecular complexity index is 576. The summed E-state index contributed by atoms with van der Waals surface area (Å²) in [5, 5.41) is 4.76. The van der Waals surface area contributed by atoms with Gasteiger partial charge in [0, 0.05) is 35.8 Å². The Morgan fingerprint density at radius 3 is 2.96 bits per heavy atom. The summed E-state index contributed by atoms with van der Waals surface area (Å²) in [7, 11) is 0. The van der Waals surface area contributed by atoms with Crippen molar-refractivity contribution < 1.29 is 4.79 Å². The Balaban J connectivity index is 1.43. The molecule has 2 saturated heterocycles. The maximum absolute atomic E-state index is 13.0. The lowest BCUT2D eigenvalue weighted by Crippen LogP contribution is -2.47. The highest BCUT2D eigenvalue weighted by atomic mass is 32.1. The van der Waals surface area contributed by atoms with Gasteiger partial charge in [0.2, 0.25) is 5.91 Å². The van der Waals surface area contributed by atoms with E-state index in [1.807, 2.05) is 11.3 Å². The van der Waals surface area contributed by atoms with E-state index in [9.17, 15) is 4.79 Å². The van der Waals surface area contributed by atoms with Crippen molar-refractivity contribution in [3.05, 3.63) is 15.6 Å². The molecule has 1 aromatic rings. The minimum Gasteiger partial charge on any atom is -0.342 e. The predicted octanol–water partition coefficient (Wildman–Crippen LogP) is 3.12. The highest BCUT2D eigenvalue weighted by molar-refractivity contribution is 7.11. The number of fused-ring (bicyclic) bond motifs is 1. The van der Waals surface area contributed by atoms with E-state index in [2.05, 4.69) is 17.1 Å². The van der Waals surface area contributed by atoms with Gasteiger partial charge < -0.3 is 10.2 Å². The maximum atomic E-state index is 13.0. The van der Waals surface area contributed by atoms with Crippen LogP contribution in [0.3, 0.4) is 0 Å². The zero-order valence-corrected chi connectivity index (χ0v) is 15.5. The predicted molar refractivity (Wildman–Crippen MR) is 97.5 cm³/mol. The lowest BCUT2D eigenvalue weighted by atomic mass is 9.90. The van der Waals surface area contributed by atoms with Gasteiger partial charge in [-0.15, -0.1) is 11.3 Å². The number of nitrogens with zero attached hydrogens (tertiary/aromatic N) is 2. The molecule has 3 atom stereocenters. The zero-order valence-electron chi connectivity index (χ0n) is 14.7. The molecule has 0 saturated carbocycles. The Morgan fingerprint density at radius 1 is 1.25 bits per heavy atom. The van der Waals surface area contributed by atoms with Gasteiger partial charge in [0.1, 0.15) is 0 Å². The Kier molecular flexibility index (Phi) is 4.90. The van der Waals surface area contributed by atoms with Crippen molar-refractivity contribution in [1.29, 1.82) is 0 Å². The molecular formula is C19H29N3OS. The second-order valence-electron chi connectivity index (χ2n) is 7.83. The number of amides is 1. The van der Waals surface area contributed by atoms with Crippen LogP contribution in [-0.4, -0.2) is 41.5 Å². The Hall–Kier alpha value is -0.940. The van der Waals surface area contributed by atoms with E-state index >= 15 is 0 Å². The molecule has 24 heavy (non-hydrogen) atoms. The molecule has 0 spiro atoms.